The van der Waals surface area contributed by atoms with E-state index >= 15 is 0 Å². The normalized spacial score (nSPS) is 11.2. The van der Waals surface area contributed by atoms with Crippen LogP contribution in [0, 0.1) is 13.8 Å². The van der Waals surface area contributed by atoms with Crippen LogP contribution in [0.5, 0.6) is 0 Å². The molecule has 5 nitrogen and oxygen atoms in total. The third kappa shape index (κ3) is 1.84. The van der Waals surface area contributed by atoms with Crippen molar-refractivity contribution in [3.05, 3.63) is 34.7 Å². The van der Waals surface area contributed by atoms with Crippen molar-refractivity contribution < 1.29 is 0 Å². The van der Waals surface area contributed by atoms with Gasteiger partial charge in [-0.05, 0) is 31.4 Å². The van der Waals surface area contributed by atoms with Crippen LogP contribution >= 0.6 is 11.3 Å². The maximum Gasteiger partial charge on any atom is 0.153 e. The highest BCUT2D eigenvalue weighted by molar-refractivity contribution is 7.16. The summed E-state index contributed by atoms with van der Waals surface area (Å²) >= 11 is 1.57. The lowest BCUT2D eigenvalue weighted by atomic mass is 10.4. The average molecular weight is 259 g/mol. The average Bonchev–Trinajstić information content (AvgIpc) is 2.86. The summed E-state index contributed by atoms with van der Waals surface area (Å²) in [4.78, 5) is 9.77. The zero-order valence-corrected chi connectivity index (χ0v) is 11.0. The minimum atomic E-state index is 0.540. The molecule has 0 fully saturated rings. The van der Waals surface area contributed by atoms with Crippen LogP contribution in [-0.2, 0) is 6.54 Å². The summed E-state index contributed by atoms with van der Waals surface area (Å²) in [6.45, 7) is 4.55. The molecule has 3 aromatic heterocycles. The number of rotatable bonds is 2. The first kappa shape index (κ1) is 11.2. The second-order valence-corrected chi connectivity index (χ2v) is 5.14. The number of nitrogen functional groups attached to an aromatic ring is 1. The molecule has 0 amide bonds. The molecule has 6 heteroatoms. The molecule has 0 radical (unpaired) electrons. The second-order valence-electron chi connectivity index (χ2n) is 4.25. The Morgan fingerprint density at radius 1 is 1.33 bits per heavy atom. The smallest absolute Gasteiger partial charge is 0.153 e. The highest BCUT2D eigenvalue weighted by Crippen LogP contribution is 2.23. The molecule has 18 heavy (non-hydrogen) atoms. The predicted octanol–water partition coefficient (Wildman–Crippen LogP) is 2.14. The van der Waals surface area contributed by atoms with Gasteiger partial charge in [0.05, 0.1) is 11.1 Å². The summed E-state index contributed by atoms with van der Waals surface area (Å²) in [5.74, 6) is 1.24. The topological polar surface area (TPSA) is 69.6 Å². The van der Waals surface area contributed by atoms with Crippen LogP contribution in [0.4, 0.5) is 5.82 Å². The molecular weight excluding hydrogens is 246 g/mol. The minimum Gasteiger partial charge on any atom is -0.383 e. The maximum absolute atomic E-state index is 5.92. The lowest BCUT2D eigenvalue weighted by Gasteiger charge is -2.04. The van der Waals surface area contributed by atoms with Crippen LogP contribution in [0.3, 0.4) is 0 Å². The van der Waals surface area contributed by atoms with E-state index in [9.17, 15) is 0 Å². The molecule has 0 saturated carbocycles. The molecule has 0 saturated heterocycles. The van der Waals surface area contributed by atoms with Gasteiger partial charge in [0.25, 0.3) is 0 Å². The van der Waals surface area contributed by atoms with Gasteiger partial charge in [-0.1, -0.05) is 0 Å². The van der Waals surface area contributed by atoms with Gasteiger partial charge in [-0.15, -0.1) is 11.3 Å². The van der Waals surface area contributed by atoms with Crippen molar-refractivity contribution in [3.63, 3.8) is 0 Å². The zero-order valence-electron chi connectivity index (χ0n) is 10.2. The Kier molecular flexibility index (Phi) is 2.52. The number of anilines is 1. The number of thiophene rings is 1. The van der Waals surface area contributed by atoms with E-state index in [2.05, 4.69) is 15.1 Å². The van der Waals surface area contributed by atoms with Crippen molar-refractivity contribution in [3.8, 4) is 0 Å². The second kappa shape index (κ2) is 4.06. The fourth-order valence-electron chi connectivity index (χ4n) is 1.96. The summed E-state index contributed by atoms with van der Waals surface area (Å²) in [5.41, 5.74) is 8.02. The van der Waals surface area contributed by atoms with Crippen LogP contribution in [-0.4, -0.2) is 19.7 Å². The minimum absolute atomic E-state index is 0.540. The van der Waals surface area contributed by atoms with E-state index in [1.54, 1.807) is 11.3 Å². The molecule has 0 aromatic carbocycles. The lowest BCUT2D eigenvalue weighted by molar-refractivity contribution is 0.635. The Balaban J connectivity index is 2.02. The van der Waals surface area contributed by atoms with Crippen molar-refractivity contribution in [2.45, 2.75) is 20.4 Å². The zero-order chi connectivity index (χ0) is 12.7. The van der Waals surface area contributed by atoms with Crippen LogP contribution in [0.25, 0.3) is 10.2 Å². The first-order valence-electron chi connectivity index (χ1n) is 5.64. The Morgan fingerprint density at radius 3 is 2.89 bits per heavy atom. The van der Waals surface area contributed by atoms with E-state index < -0.39 is 0 Å². The van der Waals surface area contributed by atoms with Gasteiger partial charge in [-0.3, -0.25) is 4.68 Å². The SMILES string of the molecule is Cc1cc(C)n(Cc2nc(N)c3ccsc3n2)n1. The highest BCUT2D eigenvalue weighted by Gasteiger charge is 2.08. The van der Waals surface area contributed by atoms with E-state index in [0.29, 0.717) is 18.2 Å². The van der Waals surface area contributed by atoms with E-state index in [1.807, 2.05) is 36.0 Å². The van der Waals surface area contributed by atoms with Crippen molar-refractivity contribution in [1.29, 1.82) is 0 Å². The molecule has 3 heterocycles. The first-order valence-corrected chi connectivity index (χ1v) is 6.52. The number of nitrogens with two attached hydrogens (primary N) is 1. The lowest BCUT2D eigenvalue weighted by Crippen LogP contribution is -2.08. The molecule has 0 aliphatic carbocycles. The molecule has 0 aliphatic rings. The van der Waals surface area contributed by atoms with Crippen LogP contribution in [0.2, 0.25) is 0 Å². The predicted molar refractivity (Wildman–Crippen MR) is 72.6 cm³/mol. The molecule has 3 aromatic rings. The van der Waals surface area contributed by atoms with Gasteiger partial charge in [0.15, 0.2) is 5.82 Å². The van der Waals surface area contributed by atoms with Gasteiger partial charge < -0.3 is 5.73 Å². The van der Waals surface area contributed by atoms with E-state index in [4.69, 9.17) is 5.73 Å². The van der Waals surface area contributed by atoms with Crippen molar-refractivity contribution in [1.82, 2.24) is 19.7 Å². The van der Waals surface area contributed by atoms with Crippen LogP contribution < -0.4 is 5.73 Å². The van der Waals surface area contributed by atoms with Gasteiger partial charge in [0.2, 0.25) is 0 Å². The Labute approximate surface area is 108 Å². The fraction of sp³-hybridized carbons (Fsp3) is 0.250. The third-order valence-corrected chi connectivity index (χ3v) is 3.60. The van der Waals surface area contributed by atoms with Gasteiger partial charge in [-0.2, -0.15) is 5.10 Å². The van der Waals surface area contributed by atoms with Gasteiger partial charge >= 0.3 is 0 Å². The molecule has 0 spiro atoms. The Bertz CT molecular complexity index is 712. The highest BCUT2D eigenvalue weighted by atomic mass is 32.1. The van der Waals surface area contributed by atoms with Crippen molar-refractivity contribution in [2.75, 3.05) is 5.73 Å². The number of aryl methyl sites for hydroxylation is 2. The fourth-order valence-corrected chi connectivity index (χ4v) is 2.75. The third-order valence-electron chi connectivity index (χ3n) is 2.80. The molecule has 92 valence electrons. The monoisotopic (exact) mass is 259 g/mol. The Hall–Kier alpha value is -1.95. The van der Waals surface area contributed by atoms with Crippen LogP contribution in [0.1, 0.15) is 17.2 Å². The molecule has 2 N–H and O–H groups in total. The van der Waals surface area contributed by atoms with E-state index in [1.165, 1.54) is 0 Å². The van der Waals surface area contributed by atoms with E-state index in [0.717, 1.165) is 21.6 Å². The largest absolute Gasteiger partial charge is 0.383 e. The molecule has 0 atom stereocenters. The van der Waals surface area contributed by atoms with Crippen molar-refractivity contribution >= 4 is 27.4 Å². The van der Waals surface area contributed by atoms with Gasteiger partial charge in [-0.25, -0.2) is 9.97 Å². The summed E-state index contributed by atoms with van der Waals surface area (Å²) in [6.07, 6.45) is 0. The van der Waals surface area contributed by atoms with Crippen LogP contribution in [0.15, 0.2) is 17.5 Å². The number of hydrogen-bond acceptors (Lipinski definition) is 5. The summed E-state index contributed by atoms with van der Waals surface area (Å²) in [6, 6.07) is 3.98. The van der Waals surface area contributed by atoms with Gasteiger partial charge in [0, 0.05) is 5.69 Å². The van der Waals surface area contributed by atoms with Gasteiger partial charge in [0.1, 0.15) is 17.2 Å². The maximum atomic E-state index is 5.92. The number of nitrogens with zero attached hydrogens (tertiary/aromatic N) is 4. The molecule has 0 aliphatic heterocycles. The molecule has 3 rings (SSSR count). The number of hydrogen-bond donors (Lipinski definition) is 1. The summed E-state index contributed by atoms with van der Waals surface area (Å²) in [7, 11) is 0. The molecule has 0 bridgehead atoms. The molecular formula is C12H13N5S. The summed E-state index contributed by atoms with van der Waals surface area (Å²) in [5, 5.41) is 7.31. The molecule has 0 unspecified atom stereocenters. The number of aromatic nitrogens is 4. The Morgan fingerprint density at radius 2 is 2.17 bits per heavy atom. The van der Waals surface area contributed by atoms with E-state index in [-0.39, 0.29) is 0 Å². The standard InChI is InChI=1S/C12H13N5S/c1-7-5-8(2)17(16-7)6-10-14-11(13)9-3-4-18-12(9)15-10/h3-5H,6H2,1-2H3,(H2,13,14,15). The number of fused-ring (bicyclic) bond motifs is 1. The van der Waals surface area contributed by atoms with Crippen molar-refractivity contribution in [2.24, 2.45) is 0 Å². The summed E-state index contributed by atoms with van der Waals surface area (Å²) < 4.78 is 1.89. The quantitative estimate of drug-likeness (QED) is 0.765. The first-order chi connectivity index (χ1) is 8.63.